The molecule has 72 valence electrons. The Kier molecular flexibility index (Phi) is 3.02. The van der Waals surface area contributed by atoms with Gasteiger partial charge in [-0.15, -0.1) is 0 Å². The zero-order chi connectivity index (χ0) is 9.84. The standard InChI is InChI=1S/C8H13N3O2/c1-3-5-7(12)10-6(4-9-2)11-8(5)13/h9H,3-4H2,1-2H3,(H2,10,11,12,13). The molecule has 1 aromatic rings. The van der Waals surface area contributed by atoms with Crippen LogP contribution in [0.15, 0.2) is 4.79 Å². The van der Waals surface area contributed by atoms with E-state index in [1.807, 2.05) is 0 Å². The van der Waals surface area contributed by atoms with Crippen molar-refractivity contribution < 1.29 is 5.11 Å². The Morgan fingerprint density at radius 3 is 2.77 bits per heavy atom. The van der Waals surface area contributed by atoms with Gasteiger partial charge in [0.25, 0.3) is 5.56 Å². The van der Waals surface area contributed by atoms with Gasteiger partial charge in [0.2, 0.25) is 5.88 Å². The first-order valence-corrected chi connectivity index (χ1v) is 4.14. The zero-order valence-corrected chi connectivity index (χ0v) is 7.72. The van der Waals surface area contributed by atoms with Crippen molar-refractivity contribution in [1.82, 2.24) is 15.3 Å². The minimum atomic E-state index is -0.264. The van der Waals surface area contributed by atoms with Gasteiger partial charge in [0.1, 0.15) is 5.82 Å². The van der Waals surface area contributed by atoms with Crippen LogP contribution in [-0.2, 0) is 13.0 Å². The third-order valence-electron chi connectivity index (χ3n) is 1.74. The number of H-pyrrole nitrogens is 1. The monoisotopic (exact) mass is 183 g/mol. The second kappa shape index (κ2) is 4.04. The lowest BCUT2D eigenvalue weighted by atomic mass is 10.2. The van der Waals surface area contributed by atoms with Crippen LogP contribution in [0.25, 0.3) is 0 Å². The van der Waals surface area contributed by atoms with Gasteiger partial charge in [-0.2, -0.15) is 4.98 Å². The Bertz CT molecular complexity index is 346. The molecule has 0 atom stereocenters. The summed E-state index contributed by atoms with van der Waals surface area (Å²) in [6.45, 7) is 2.23. The van der Waals surface area contributed by atoms with Gasteiger partial charge in [0, 0.05) is 0 Å². The van der Waals surface area contributed by atoms with Gasteiger partial charge in [-0.25, -0.2) is 0 Å². The van der Waals surface area contributed by atoms with Crippen molar-refractivity contribution in [2.75, 3.05) is 7.05 Å². The van der Waals surface area contributed by atoms with E-state index in [1.165, 1.54) is 0 Å². The molecule has 5 nitrogen and oxygen atoms in total. The van der Waals surface area contributed by atoms with E-state index in [0.29, 0.717) is 24.4 Å². The fourth-order valence-electron chi connectivity index (χ4n) is 1.10. The summed E-state index contributed by atoms with van der Waals surface area (Å²) in [5, 5.41) is 12.2. The summed E-state index contributed by atoms with van der Waals surface area (Å²) in [5.74, 6) is 0.277. The summed E-state index contributed by atoms with van der Waals surface area (Å²) in [6, 6.07) is 0. The number of aromatic hydroxyl groups is 1. The molecule has 0 fully saturated rings. The molecular weight excluding hydrogens is 170 g/mol. The first-order valence-electron chi connectivity index (χ1n) is 4.14. The molecule has 5 heteroatoms. The molecule has 0 aliphatic carbocycles. The van der Waals surface area contributed by atoms with E-state index in [9.17, 15) is 9.90 Å². The molecule has 0 saturated heterocycles. The van der Waals surface area contributed by atoms with E-state index in [1.54, 1.807) is 14.0 Å². The van der Waals surface area contributed by atoms with Crippen molar-refractivity contribution in [2.24, 2.45) is 0 Å². The van der Waals surface area contributed by atoms with Crippen LogP contribution < -0.4 is 10.9 Å². The van der Waals surface area contributed by atoms with E-state index in [-0.39, 0.29) is 11.4 Å². The third kappa shape index (κ3) is 2.06. The first-order chi connectivity index (χ1) is 6.19. The highest BCUT2D eigenvalue weighted by atomic mass is 16.3. The molecule has 0 aliphatic heterocycles. The molecule has 0 radical (unpaired) electrons. The molecule has 0 aliphatic rings. The number of rotatable bonds is 3. The van der Waals surface area contributed by atoms with Crippen molar-refractivity contribution in [3.05, 3.63) is 21.7 Å². The van der Waals surface area contributed by atoms with Crippen molar-refractivity contribution in [3.63, 3.8) is 0 Å². The summed E-state index contributed by atoms with van der Waals surface area (Å²) >= 11 is 0. The van der Waals surface area contributed by atoms with Crippen molar-refractivity contribution in [2.45, 2.75) is 19.9 Å². The summed E-state index contributed by atoms with van der Waals surface area (Å²) in [5.41, 5.74) is 0.0695. The highest BCUT2D eigenvalue weighted by Gasteiger charge is 2.07. The molecule has 0 unspecified atom stereocenters. The Hall–Kier alpha value is -1.36. The minimum absolute atomic E-state index is 0.170. The lowest BCUT2D eigenvalue weighted by Gasteiger charge is -2.02. The van der Waals surface area contributed by atoms with Crippen molar-refractivity contribution >= 4 is 0 Å². The Balaban J connectivity index is 3.13. The lowest BCUT2D eigenvalue weighted by Crippen LogP contribution is -2.19. The predicted molar refractivity (Wildman–Crippen MR) is 48.7 cm³/mol. The molecule has 1 heterocycles. The van der Waals surface area contributed by atoms with Crippen LogP contribution in [0.3, 0.4) is 0 Å². The van der Waals surface area contributed by atoms with Crippen LogP contribution in [0.5, 0.6) is 5.88 Å². The van der Waals surface area contributed by atoms with Gasteiger partial charge < -0.3 is 15.4 Å². The predicted octanol–water partition coefficient (Wildman–Crippen LogP) is -0.243. The number of nitrogens with zero attached hydrogens (tertiary/aromatic N) is 1. The van der Waals surface area contributed by atoms with Gasteiger partial charge in [-0.3, -0.25) is 4.79 Å². The number of aromatic nitrogens is 2. The minimum Gasteiger partial charge on any atom is -0.493 e. The zero-order valence-electron chi connectivity index (χ0n) is 7.72. The molecule has 0 bridgehead atoms. The molecule has 0 saturated carbocycles. The molecule has 0 aromatic carbocycles. The summed E-state index contributed by atoms with van der Waals surface area (Å²) in [7, 11) is 1.74. The number of hydrogen-bond donors (Lipinski definition) is 3. The second-order valence-corrected chi connectivity index (χ2v) is 2.70. The Labute approximate surface area is 75.8 Å². The quantitative estimate of drug-likeness (QED) is 0.604. The average Bonchev–Trinajstić information content (AvgIpc) is 2.04. The molecular formula is C8H13N3O2. The van der Waals surface area contributed by atoms with Crippen LogP contribution in [-0.4, -0.2) is 22.1 Å². The maximum atomic E-state index is 11.3. The molecule has 3 N–H and O–H groups in total. The van der Waals surface area contributed by atoms with Gasteiger partial charge in [-0.1, -0.05) is 6.92 Å². The molecule has 1 aromatic heterocycles. The summed E-state index contributed by atoms with van der Waals surface area (Å²) in [4.78, 5) is 17.7. The fourth-order valence-corrected chi connectivity index (χ4v) is 1.10. The SMILES string of the molecule is CCc1c(O)nc(CNC)[nH]c1=O. The molecule has 0 amide bonds. The van der Waals surface area contributed by atoms with Crippen molar-refractivity contribution in [1.29, 1.82) is 0 Å². The van der Waals surface area contributed by atoms with Crippen molar-refractivity contribution in [3.8, 4) is 5.88 Å². The third-order valence-corrected chi connectivity index (χ3v) is 1.74. The van der Waals surface area contributed by atoms with Crippen LogP contribution in [0, 0.1) is 0 Å². The smallest absolute Gasteiger partial charge is 0.257 e. The number of aromatic amines is 1. The van der Waals surface area contributed by atoms with Gasteiger partial charge in [-0.05, 0) is 13.5 Å². The Morgan fingerprint density at radius 1 is 1.62 bits per heavy atom. The van der Waals surface area contributed by atoms with E-state index in [2.05, 4.69) is 15.3 Å². The maximum Gasteiger partial charge on any atom is 0.257 e. The molecule has 13 heavy (non-hydrogen) atoms. The van der Waals surface area contributed by atoms with Crippen LogP contribution in [0.2, 0.25) is 0 Å². The number of hydrogen-bond acceptors (Lipinski definition) is 4. The average molecular weight is 183 g/mol. The van der Waals surface area contributed by atoms with Gasteiger partial charge in [0.05, 0.1) is 12.1 Å². The summed E-state index contributed by atoms with van der Waals surface area (Å²) in [6.07, 6.45) is 0.480. The second-order valence-electron chi connectivity index (χ2n) is 2.70. The highest BCUT2D eigenvalue weighted by molar-refractivity contribution is 5.22. The van der Waals surface area contributed by atoms with Gasteiger partial charge in [0.15, 0.2) is 0 Å². The maximum absolute atomic E-state index is 11.3. The number of nitrogens with one attached hydrogen (secondary N) is 2. The highest BCUT2D eigenvalue weighted by Crippen LogP contribution is 2.07. The van der Waals surface area contributed by atoms with E-state index in [0.717, 1.165) is 0 Å². The molecule has 1 rings (SSSR count). The van der Waals surface area contributed by atoms with Gasteiger partial charge >= 0.3 is 0 Å². The van der Waals surface area contributed by atoms with Crippen LogP contribution in [0.1, 0.15) is 18.3 Å². The van der Waals surface area contributed by atoms with E-state index >= 15 is 0 Å². The van der Waals surface area contributed by atoms with Crippen LogP contribution in [0.4, 0.5) is 0 Å². The topological polar surface area (TPSA) is 78.0 Å². The first kappa shape index (κ1) is 9.73. The lowest BCUT2D eigenvalue weighted by molar-refractivity contribution is 0.439. The normalized spacial score (nSPS) is 10.3. The molecule has 0 spiro atoms. The largest absolute Gasteiger partial charge is 0.493 e. The van der Waals surface area contributed by atoms with E-state index in [4.69, 9.17) is 0 Å². The van der Waals surface area contributed by atoms with E-state index < -0.39 is 0 Å². The fraction of sp³-hybridized carbons (Fsp3) is 0.500. The van der Waals surface area contributed by atoms with Crippen LogP contribution >= 0.6 is 0 Å². The summed E-state index contributed by atoms with van der Waals surface area (Å²) < 4.78 is 0. The Morgan fingerprint density at radius 2 is 2.31 bits per heavy atom.